The summed E-state index contributed by atoms with van der Waals surface area (Å²) in [5, 5.41) is 0.944. The predicted molar refractivity (Wildman–Crippen MR) is 107 cm³/mol. The van der Waals surface area contributed by atoms with Crippen LogP contribution in [0, 0.1) is 12.8 Å². The van der Waals surface area contributed by atoms with Crippen LogP contribution in [0.1, 0.15) is 46.9 Å². The van der Waals surface area contributed by atoms with E-state index in [9.17, 15) is 9.59 Å². The van der Waals surface area contributed by atoms with Gasteiger partial charge < -0.3 is 9.72 Å². The van der Waals surface area contributed by atoms with Crippen LogP contribution in [0.4, 0.5) is 0 Å². The summed E-state index contributed by atoms with van der Waals surface area (Å²) < 4.78 is 5.23. The average Bonchev–Trinajstić information content (AvgIpc) is 2.95. The fourth-order valence-corrected chi connectivity index (χ4v) is 3.92. The minimum atomic E-state index is -0.554. The number of aryl methyl sites for hydroxylation is 1. The van der Waals surface area contributed by atoms with Gasteiger partial charge in [0.05, 0.1) is 10.9 Å². The molecule has 0 aliphatic heterocycles. The number of esters is 1. The number of carbonyl (C=O) groups is 1. The Morgan fingerprint density at radius 2 is 2.19 bits per heavy atom. The lowest BCUT2D eigenvalue weighted by Crippen LogP contribution is -2.15. The second-order valence-electron chi connectivity index (χ2n) is 6.49. The van der Waals surface area contributed by atoms with E-state index in [1.165, 1.54) is 29.7 Å². The molecule has 0 aliphatic rings. The molecule has 8 heteroatoms. The molecule has 3 aromatic rings. The topological polar surface area (TPSA) is 84.9 Å². The van der Waals surface area contributed by atoms with E-state index >= 15 is 0 Å². The minimum absolute atomic E-state index is 0.121. The van der Waals surface area contributed by atoms with E-state index < -0.39 is 5.97 Å². The van der Waals surface area contributed by atoms with Crippen LogP contribution in [0.15, 0.2) is 23.1 Å². The lowest BCUT2D eigenvalue weighted by Gasteiger charge is -2.08. The highest BCUT2D eigenvalue weighted by Gasteiger charge is 2.17. The van der Waals surface area contributed by atoms with Crippen LogP contribution in [0.25, 0.3) is 10.2 Å². The number of thiophene rings is 1. The Kier molecular flexibility index (Phi) is 5.92. The summed E-state index contributed by atoms with van der Waals surface area (Å²) in [6.07, 6.45) is 3.24. The molecule has 0 aliphatic carbocycles. The summed E-state index contributed by atoms with van der Waals surface area (Å²) in [5.74, 6) is 0.260. The Labute approximate surface area is 165 Å². The fraction of sp³-hybridized carbons (Fsp3) is 0.368. The number of hydrogen-bond acceptors (Lipinski definition) is 6. The second-order valence-corrected chi connectivity index (χ2v) is 8.08. The van der Waals surface area contributed by atoms with E-state index in [1.807, 2.05) is 6.92 Å². The van der Waals surface area contributed by atoms with Crippen molar-refractivity contribution in [3.63, 3.8) is 0 Å². The highest BCUT2D eigenvalue weighted by atomic mass is 35.5. The highest BCUT2D eigenvalue weighted by Crippen LogP contribution is 2.29. The molecule has 3 heterocycles. The number of carbonyl (C=O) groups excluding carboxylic acids is 1. The van der Waals surface area contributed by atoms with Gasteiger partial charge in [0.25, 0.3) is 5.56 Å². The van der Waals surface area contributed by atoms with Gasteiger partial charge >= 0.3 is 5.97 Å². The normalized spacial score (nSPS) is 12.3. The summed E-state index contributed by atoms with van der Waals surface area (Å²) in [4.78, 5) is 37.5. The Balaban J connectivity index is 1.81. The van der Waals surface area contributed by atoms with Gasteiger partial charge in [-0.05, 0) is 37.0 Å². The van der Waals surface area contributed by atoms with Crippen LogP contribution >= 0.6 is 22.9 Å². The molecule has 142 valence electrons. The molecule has 0 radical (unpaired) electrons. The Morgan fingerprint density at radius 3 is 2.85 bits per heavy atom. The number of rotatable bonds is 6. The van der Waals surface area contributed by atoms with Crippen LogP contribution in [-0.2, 0) is 17.8 Å². The lowest BCUT2D eigenvalue weighted by atomic mass is 9.98. The van der Waals surface area contributed by atoms with Gasteiger partial charge in [-0.15, -0.1) is 11.3 Å². The number of H-pyrrole nitrogens is 1. The molecule has 0 spiro atoms. The van der Waals surface area contributed by atoms with Gasteiger partial charge in [0.15, 0.2) is 0 Å². The van der Waals surface area contributed by atoms with Crippen molar-refractivity contribution in [2.24, 2.45) is 5.92 Å². The Hall–Kier alpha value is -2.25. The van der Waals surface area contributed by atoms with Crippen LogP contribution in [0.5, 0.6) is 0 Å². The van der Waals surface area contributed by atoms with Crippen LogP contribution < -0.4 is 5.56 Å². The smallest absolute Gasteiger partial charge is 0.340 e. The third-order valence-corrected chi connectivity index (χ3v) is 5.73. The van der Waals surface area contributed by atoms with E-state index in [1.54, 1.807) is 0 Å². The zero-order valence-electron chi connectivity index (χ0n) is 15.3. The van der Waals surface area contributed by atoms with Crippen LogP contribution in [-0.4, -0.2) is 20.9 Å². The van der Waals surface area contributed by atoms with E-state index in [4.69, 9.17) is 16.3 Å². The van der Waals surface area contributed by atoms with Gasteiger partial charge in [0.2, 0.25) is 0 Å². The summed E-state index contributed by atoms with van der Waals surface area (Å²) in [6, 6.07) is 3.04. The number of nitrogens with zero attached hydrogens (tertiary/aromatic N) is 2. The molecule has 0 amide bonds. The molecule has 3 rings (SSSR count). The average molecular weight is 406 g/mol. The molecule has 0 saturated heterocycles. The number of nitrogens with one attached hydrogen (secondary N) is 1. The first-order valence-electron chi connectivity index (χ1n) is 8.68. The van der Waals surface area contributed by atoms with Crippen molar-refractivity contribution in [2.75, 3.05) is 0 Å². The van der Waals surface area contributed by atoms with Gasteiger partial charge in [-0.1, -0.05) is 31.9 Å². The van der Waals surface area contributed by atoms with Crippen molar-refractivity contribution in [1.29, 1.82) is 0 Å². The molecule has 0 saturated carbocycles. The van der Waals surface area contributed by atoms with Gasteiger partial charge in [-0.2, -0.15) is 0 Å². The molecule has 0 bridgehead atoms. The molecule has 0 aromatic carbocycles. The molecule has 1 N–H and O–H groups in total. The number of aromatic amines is 1. The van der Waals surface area contributed by atoms with Crippen molar-refractivity contribution in [3.05, 3.63) is 55.7 Å². The molecular formula is C19H20ClN3O3S. The maximum absolute atomic E-state index is 12.6. The van der Waals surface area contributed by atoms with Crippen molar-refractivity contribution in [3.8, 4) is 0 Å². The van der Waals surface area contributed by atoms with E-state index in [0.29, 0.717) is 27.1 Å². The number of pyridine rings is 1. The zero-order valence-corrected chi connectivity index (χ0v) is 16.9. The lowest BCUT2D eigenvalue weighted by molar-refractivity contribution is 0.0462. The maximum Gasteiger partial charge on any atom is 0.340 e. The molecule has 6 nitrogen and oxygen atoms in total. The first-order valence-corrected chi connectivity index (χ1v) is 9.88. The zero-order chi connectivity index (χ0) is 19.6. The second kappa shape index (κ2) is 8.19. The van der Waals surface area contributed by atoms with Crippen molar-refractivity contribution < 1.29 is 9.53 Å². The van der Waals surface area contributed by atoms with E-state index in [-0.39, 0.29) is 17.7 Å². The summed E-state index contributed by atoms with van der Waals surface area (Å²) >= 11 is 7.20. The quantitative estimate of drug-likeness (QED) is 0.488. The Bertz CT molecular complexity index is 1030. The van der Waals surface area contributed by atoms with E-state index in [2.05, 4.69) is 28.8 Å². The SMILES string of the molecule is CC[C@@H](C)Cc1c(C)sc2nc(COC(=O)c3ccc(Cl)nc3)[nH]c(=O)c12. The van der Waals surface area contributed by atoms with Gasteiger partial charge in [0, 0.05) is 11.1 Å². The fourth-order valence-electron chi connectivity index (χ4n) is 2.74. The van der Waals surface area contributed by atoms with E-state index in [0.717, 1.165) is 23.3 Å². The first-order chi connectivity index (χ1) is 12.9. The molecular weight excluding hydrogens is 386 g/mol. The minimum Gasteiger partial charge on any atom is -0.454 e. The summed E-state index contributed by atoms with van der Waals surface area (Å²) in [5.41, 5.74) is 1.15. The standard InChI is InChI=1S/C19H20ClN3O3S/c1-4-10(2)7-13-11(3)27-18-16(13)17(24)22-15(23-18)9-26-19(25)12-5-6-14(20)21-8-12/h5-6,8,10H,4,7,9H2,1-3H3,(H,22,23,24)/t10-/m1/s1. The summed E-state index contributed by atoms with van der Waals surface area (Å²) in [6.45, 7) is 6.20. The molecule has 1 atom stereocenters. The van der Waals surface area contributed by atoms with Crippen molar-refractivity contribution in [1.82, 2.24) is 15.0 Å². The first kappa shape index (κ1) is 19.5. The number of hydrogen-bond donors (Lipinski definition) is 1. The monoisotopic (exact) mass is 405 g/mol. The molecule has 3 aromatic heterocycles. The third-order valence-electron chi connectivity index (χ3n) is 4.46. The maximum atomic E-state index is 12.6. The number of fused-ring (bicyclic) bond motifs is 1. The summed E-state index contributed by atoms with van der Waals surface area (Å²) in [7, 11) is 0. The molecule has 0 unspecified atom stereocenters. The number of aromatic nitrogens is 3. The van der Waals surface area contributed by atoms with Gasteiger partial charge in [-0.25, -0.2) is 14.8 Å². The largest absolute Gasteiger partial charge is 0.454 e. The number of halogens is 1. The van der Waals surface area contributed by atoms with Crippen LogP contribution in [0.2, 0.25) is 5.15 Å². The van der Waals surface area contributed by atoms with Crippen LogP contribution in [0.3, 0.4) is 0 Å². The third kappa shape index (κ3) is 4.36. The van der Waals surface area contributed by atoms with Crippen molar-refractivity contribution in [2.45, 2.75) is 40.2 Å². The molecule has 27 heavy (non-hydrogen) atoms. The van der Waals surface area contributed by atoms with Gasteiger partial charge in [0.1, 0.15) is 22.4 Å². The Morgan fingerprint density at radius 1 is 1.41 bits per heavy atom. The van der Waals surface area contributed by atoms with Gasteiger partial charge in [-0.3, -0.25) is 4.79 Å². The molecule has 0 fully saturated rings. The van der Waals surface area contributed by atoms with Crippen molar-refractivity contribution >= 4 is 39.1 Å². The highest BCUT2D eigenvalue weighted by molar-refractivity contribution is 7.18. The predicted octanol–water partition coefficient (Wildman–Crippen LogP) is 4.29. The number of ether oxygens (including phenoxy) is 1.